The molecule has 5 heterocycles. The number of ether oxygens (including phenoxy) is 11. The van der Waals surface area contributed by atoms with Crippen LogP contribution in [0.3, 0.4) is 0 Å². The Kier molecular flexibility index (Phi) is 18.1. The summed E-state index contributed by atoms with van der Waals surface area (Å²) in [5.41, 5.74) is -1.47. The fourth-order valence-corrected chi connectivity index (χ4v) is 11.3. The van der Waals surface area contributed by atoms with Crippen LogP contribution in [0.25, 0.3) is 10.8 Å². The first-order chi connectivity index (χ1) is 35.7. The minimum Gasteiger partial charge on any atom is -0.507 e. The van der Waals surface area contributed by atoms with Crippen molar-refractivity contribution in [1.29, 1.82) is 0 Å². The third kappa shape index (κ3) is 11.9. The number of aliphatic hydroxyl groups excluding tert-OH is 8. The first kappa shape index (κ1) is 58.8. The minimum atomic E-state index is -1.95. The number of ketones is 2. The van der Waals surface area contributed by atoms with Crippen LogP contribution in [0.15, 0.2) is 12.1 Å². The smallest absolute Gasteiger partial charge is 0.202 e. The van der Waals surface area contributed by atoms with E-state index in [4.69, 9.17) is 52.1 Å². The van der Waals surface area contributed by atoms with Crippen molar-refractivity contribution < 1.29 is 118 Å². The van der Waals surface area contributed by atoms with Crippen LogP contribution in [0.4, 0.5) is 0 Å². The van der Waals surface area contributed by atoms with Gasteiger partial charge in [0.25, 0.3) is 0 Å². The molecule has 0 aromatic heterocycles. The fourth-order valence-electron chi connectivity index (χ4n) is 11.3. The molecule has 5 fully saturated rings. The number of aliphatic hydroxyl groups is 9. The van der Waals surface area contributed by atoms with E-state index in [2.05, 4.69) is 0 Å². The molecule has 11 N–H and O–H groups in total. The zero-order valence-corrected chi connectivity index (χ0v) is 44.0. The van der Waals surface area contributed by atoms with E-state index in [0.29, 0.717) is 0 Å². The zero-order valence-electron chi connectivity index (χ0n) is 44.0. The Bertz CT molecular complexity index is 2350. The normalized spacial score (nSPS) is 42.5. The van der Waals surface area contributed by atoms with Crippen molar-refractivity contribution in [3.63, 3.8) is 0 Å². The van der Waals surface area contributed by atoms with E-state index in [9.17, 15) is 61.0 Å². The molecule has 8 rings (SSSR count). The molecule has 24 nitrogen and oxygen atoms in total. The molecule has 0 spiro atoms. The molecule has 24 heteroatoms. The molecular weight excluding hydrogens is 1010 g/mol. The van der Waals surface area contributed by atoms with Gasteiger partial charge in [-0.3, -0.25) is 9.59 Å². The lowest BCUT2D eigenvalue weighted by molar-refractivity contribution is -0.334. The van der Waals surface area contributed by atoms with Crippen LogP contribution < -0.4 is 4.74 Å². The number of benzene rings is 2. The summed E-state index contributed by atoms with van der Waals surface area (Å²) in [4.78, 5) is 28.9. The van der Waals surface area contributed by atoms with E-state index < -0.39 is 176 Å². The summed E-state index contributed by atoms with van der Waals surface area (Å²) in [5, 5.41) is 120. The first-order valence-corrected chi connectivity index (χ1v) is 26.0. The highest BCUT2D eigenvalue weighted by Crippen LogP contribution is 2.47. The van der Waals surface area contributed by atoms with Gasteiger partial charge in [0.15, 0.2) is 36.7 Å². The number of phenolic OH excluding ortho intramolecular Hbond substituents is 2. The Balaban J connectivity index is 1.04. The van der Waals surface area contributed by atoms with Crippen LogP contribution in [0.5, 0.6) is 17.2 Å². The van der Waals surface area contributed by atoms with E-state index in [0.717, 1.165) is 0 Å². The van der Waals surface area contributed by atoms with Gasteiger partial charge < -0.3 is 108 Å². The number of rotatable bonds is 15. The SMILES string of the molecule is CO[C@H](C(=O)[C@H](O)[C@@H](C)O)[C@@H]1Cc2cc3cc(O[C@@H]4C[C@@H](O[C@@H]5C[C@@H](O)[C@@H](O)[C@@H](C)O5)[C@@H](O)[C@@H](C)O4)c(C)c(O)c3c(O)c2C(=O)[C@@H]1O[C@@H]1C[C@@H](O[C@@H]2C[C@@H](OC3C[C@](C)(O)[C@@H](O)[C@@H](C)O3)[C@@H](O)[C@@H](C)O2)[C@@H](O)[C@@H](C)O1. The molecule has 0 bridgehead atoms. The summed E-state index contributed by atoms with van der Waals surface area (Å²) in [6.07, 6.45) is -27.0. The predicted molar refractivity (Wildman–Crippen MR) is 259 cm³/mol. The molecular formula is C52H76O24. The van der Waals surface area contributed by atoms with Crippen LogP contribution in [0.2, 0.25) is 0 Å². The van der Waals surface area contributed by atoms with E-state index in [1.54, 1.807) is 27.7 Å². The maximum absolute atomic E-state index is 15.0. The second kappa shape index (κ2) is 23.4. The highest BCUT2D eigenvalue weighted by atomic mass is 16.7. The third-order valence-corrected chi connectivity index (χ3v) is 15.9. The van der Waals surface area contributed by atoms with E-state index in [1.165, 1.54) is 46.9 Å². The molecule has 6 aliphatic rings. The summed E-state index contributed by atoms with van der Waals surface area (Å²) in [5.74, 6) is -4.07. The topological polar surface area (TPSA) is 358 Å². The first-order valence-electron chi connectivity index (χ1n) is 26.0. The van der Waals surface area contributed by atoms with Gasteiger partial charge in [-0.1, -0.05) is 0 Å². The Morgan fingerprint density at radius 2 is 1.17 bits per heavy atom. The molecule has 0 amide bonds. The number of carbonyl (C=O) groups excluding carboxylic acids is 2. The predicted octanol–water partition coefficient (Wildman–Crippen LogP) is -0.249. The standard InChI is InChI=1S/C52H76O24/c1-18-29(72-34-14-30(43(58)21(4)68-34)73-33-13-28(54)42(57)20(3)67-33)12-26-10-25-11-27(49(66-9)48(63)41(56)19(2)53)50(47(62)39(25)46(61)38(26)40(18)55)76-36-16-31(44(59)23(6)70-36)74-35-15-32(45(60)22(5)69-35)75-37-17-52(8,65)51(64)24(7)71-37/h10,12,19-24,27-28,30-37,41-45,49-51,53-61,64-65H,11,13-17H2,1-9H3/t19-,20-,21-,22-,23-,24-,27+,28-,30-,31-,32-,33-,34-,35-,36-,37?,41-,42+,43+,44+,45+,49+,50-,51+,52+/m1/s1. The number of hydrogen-bond donors (Lipinski definition) is 11. The van der Waals surface area contributed by atoms with Crippen LogP contribution >= 0.6 is 0 Å². The van der Waals surface area contributed by atoms with Gasteiger partial charge in [-0.2, -0.15) is 0 Å². The highest BCUT2D eigenvalue weighted by Gasteiger charge is 2.51. The van der Waals surface area contributed by atoms with Gasteiger partial charge in [0.1, 0.15) is 66.1 Å². The average molecular weight is 1090 g/mol. The largest absolute Gasteiger partial charge is 0.507 e. The van der Waals surface area contributed by atoms with Gasteiger partial charge in [-0.25, -0.2) is 0 Å². The second-order valence-corrected chi connectivity index (χ2v) is 21.7. The van der Waals surface area contributed by atoms with Crippen LogP contribution in [0.1, 0.15) is 102 Å². The number of hydrogen-bond acceptors (Lipinski definition) is 24. The Hall–Kier alpha value is -3.32. The zero-order chi connectivity index (χ0) is 55.6. The molecule has 2 aromatic rings. The van der Waals surface area contributed by atoms with Crippen LogP contribution in [-0.4, -0.2) is 222 Å². The van der Waals surface area contributed by atoms with Crippen molar-refractivity contribution in [2.24, 2.45) is 5.92 Å². The van der Waals surface area contributed by atoms with Gasteiger partial charge in [0, 0.05) is 50.7 Å². The van der Waals surface area contributed by atoms with Gasteiger partial charge in [-0.05, 0) is 84.9 Å². The highest BCUT2D eigenvalue weighted by molar-refractivity contribution is 6.11. The molecule has 76 heavy (non-hydrogen) atoms. The molecule has 5 saturated heterocycles. The summed E-state index contributed by atoms with van der Waals surface area (Å²) < 4.78 is 66.5. The van der Waals surface area contributed by atoms with E-state index in [1.807, 2.05) is 0 Å². The summed E-state index contributed by atoms with van der Waals surface area (Å²) in [6.45, 7) is 12.1. The van der Waals surface area contributed by atoms with Crippen molar-refractivity contribution in [2.45, 2.75) is 241 Å². The Morgan fingerprint density at radius 3 is 1.70 bits per heavy atom. The van der Waals surface area contributed by atoms with Gasteiger partial charge >= 0.3 is 0 Å². The summed E-state index contributed by atoms with van der Waals surface area (Å²) >= 11 is 0. The Morgan fingerprint density at radius 1 is 0.684 bits per heavy atom. The second-order valence-electron chi connectivity index (χ2n) is 21.7. The molecule has 0 radical (unpaired) electrons. The Labute approximate surface area is 439 Å². The van der Waals surface area contributed by atoms with Crippen molar-refractivity contribution in [3.05, 3.63) is 28.8 Å². The quantitative estimate of drug-likeness (QED) is 0.110. The summed E-state index contributed by atoms with van der Waals surface area (Å²) in [6, 6.07) is 3.03. The van der Waals surface area contributed by atoms with Crippen molar-refractivity contribution in [3.8, 4) is 17.2 Å². The number of fused-ring (bicyclic) bond motifs is 2. The van der Waals surface area contributed by atoms with Crippen LogP contribution in [0, 0.1) is 12.8 Å². The molecule has 2 aromatic carbocycles. The fraction of sp³-hybridized carbons (Fsp3) is 0.769. The molecule has 1 aliphatic carbocycles. The van der Waals surface area contributed by atoms with Gasteiger partial charge in [-0.15, -0.1) is 0 Å². The summed E-state index contributed by atoms with van der Waals surface area (Å²) in [7, 11) is 1.18. The van der Waals surface area contributed by atoms with Crippen LogP contribution in [-0.2, 0) is 58.6 Å². The average Bonchev–Trinajstić information content (AvgIpc) is 3.38. The lowest BCUT2D eigenvalue weighted by Crippen LogP contribution is -2.58. The monoisotopic (exact) mass is 1080 g/mol. The number of carbonyl (C=O) groups is 2. The van der Waals surface area contributed by atoms with Crippen molar-refractivity contribution >= 4 is 22.3 Å². The maximum Gasteiger partial charge on any atom is 0.202 e. The lowest BCUT2D eigenvalue weighted by atomic mass is 9.75. The molecule has 5 aliphatic heterocycles. The minimum absolute atomic E-state index is 0.0365. The number of aromatic hydroxyl groups is 2. The molecule has 428 valence electrons. The molecule has 1 unspecified atom stereocenters. The third-order valence-electron chi connectivity index (χ3n) is 15.9. The van der Waals surface area contributed by atoms with E-state index in [-0.39, 0.29) is 71.7 Å². The van der Waals surface area contributed by atoms with Crippen molar-refractivity contribution in [2.75, 3.05) is 7.11 Å². The van der Waals surface area contributed by atoms with Crippen molar-refractivity contribution in [1.82, 2.24) is 0 Å². The van der Waals surface area contributed by atoms with E-state index >= 15 is 4.79 Å². The maximum atomic E-state index is 15.0. The lowest BCUT2D eigenvalue weighted by Gasteiger charge is -2.46. The molecule has 0 saturated carbocycles. The van der Waals surface area contributed by atoms with Gasteiger partial charge in [0.05, 0.1) is 77.6 Å². The molecule has 25 atom stereocenters. The number of Topliss-reactive ketones (excluding diaryl/α,β-unsaturated/α-hetero) is 2. The number of phenols is 2. The number of methoxy groups -OCH3 is 1. The van der Waals surface area contributed by atoms with Gasteiger partial charge in [0.2, 0.25) is 6.29 Å².